The number of aliphatic hydroxyl groups is 1. The number of hydrogen-bond donors (Lipinski definition) is 2. The molecule has 1 aliphatic rings. The van der Waals surface area contributed by atoms with Crippen molar-refractivity contribution in [3.05, 3.63) is 5.01 Å². The highest BCUT2D eigenvalue weighted by atomic mass is 32.1. The first-order valence-corrected chi connectivity index (χ1v) is 6.00. The molecule has 0 radical (unpaired) electrons. The van der Waals surface area contributed by atoms with Gasteiger partial charge in [0.05, 0.1) is 6.54 Å². The van der Waals surface area contributed by atoms with Crippen molar-refractivity contribution < 1.29 is 5.11 Å². The number of aromatic nitrogens is 2. The highest BCUT2D eigenvalue weighted by molar-refractivity contribution is 7.15. The number of hydrogen-bond acceptors (Lipinski definition) is 6. The van der Waals surface area contributed by atoms with Crippen LogP contribution in [0.2, 0.25) is 0 Å². The number of anilines is 1. The maximum absolute atomic E-state index is 9.11. The van der Waals surface area contributed by atoms with Crippen molar-refractivity contribution in [2.45, 2.75) is 19.4 Å². The highest BCUT2D eigenvalue weighted by Crippen LogP contribution is 2.19. The van der Waals surface area contributed by atoms with Crippen molar-refractivity contribution in [2.24, 2.45) is 5.92 Å². The van der Waals surface area contributed by atoms with Crippen molar-refractivity contribution in [3.63, 3.8) is 0 Å². The fourth-order valence-corrected chi connectivity index (χ4v) is 2.62. The molecule has 3 N–H and O–H groups in total. The summed E-state index contributed by atoms with van der Waals surface area (Å²) in [6, 6.07) is 0. The Labute approximate surface area is 92.9 Å². The lowest BCUT2D eigenvalue weighted by Crippen LogP contribution is -2.36. The molecule has 1 saturated heterocycles. The molecule has 0 aromatic carbocycles. The van der Waals surface area contributed by atoms with Crippen LogP contribution in [-0.4, -0.2) is 39.9 Å². The normalized spacial score (nSPS) is 23.1. The summed E-state index contributed by atoms with van der Waals surface area (Å²) in [5.74, 6) is 0.420. The van der Waals surface area contributed by atoms with Crippen molar-refractivity contribution in [1.82, 2.24) is 15.1 Å². The number of rotatable bonds is 3. The Balaban J connectivity index is 1.88. The van der Waals surface area contributed by atoms with E-state index in [9.17, 15) is 0 Å². The van der Waals surface area contributed by atoms with E-state index in [1.54, 1.807) is 0 Å². The average molecular weight is 228 g/mol. The second-order valence-electron chi connectivity index (χ2n) is 3.96. The van der Waals surface area contributed by atoms with Gasteiger partial charge in [-0.1, -0.05) is 11.3 Å². The van der Waals surface area contributed by atoms with Crippen molar-refractivity contribution in [3.8, 4) is 0 Å². The predicted molar refractivity (Wildman–Crippen MR) is 59.4 cm³/mol. The maximum Gasteiger partial charge on any atom is 0.203 e. The summed E-state index contributed by atoms with van der Waals surface area (Å²) in [5.41, 5.74) is 5.52. The topological polar surface area (TPSA) is 75.3 Å². The van der Waals surface area contributed by atoms with E-state index >= 15 is 0 Å². The third-order valence-corrected chi connectivity index (χ3v) is 3.44. The summed E-state index contributed by atoms with van der Waals surface area (Å²) < 4.78 is 0. The molecule has 84 valence electrons. The van der Waals surface area contributed by atoms with E-state index in [1.807, 2.05) is 0 Å². The molecule has 0 bridgehead atoms. The Morgan fingerprint density at radius 3 is 3.07 bits per heavy atom. The Morgan fingerprint density at radius 1 is 1.53 bits per heavy atom. The van der Waals surface area contributed by atoms with E-state index < -0.39 is 0 Å². The smallest absolute Gasteiger partial charge is 0.203 e. The second-order valence-corrected chi connectivity index (χ2v) is 5.05. The van der Waals surface area contributed by atoms with Crippen LogP contribution in [0.1, 0.15) is 17.8 Å². The van der Waals surface area contributed by atoms with E-state index in [-0.39, 0.29) is 6.61 Å². The molecule has 0 amide bonds. The van der Waals surface area contributed by atoms with Crippen LogP contribution in [0.4, 0.5) is 5.13 Å². The third-order valence-electron chi connectivity index (χ3n) is 2.70. The number of nitrogens with two attached hydrogens (primary N) is 1. The number of nitrogen functional groups attached to an aromatic ring is 1. The summed E-state index contributed by atoms with van der Waals surface area (Å²) in [6.07, 6.45) is 2.28. The van der Waals surface area contributed by atoms with Crippen LogP contribution in [0.25, 0.3) is 0 Å². The Morgan fingerprint density at radius 2 is 2.40 bits per heavy atom. The van der Waals surface area contributed by atoms with Gasteiger partial charge in [0.15, 0.2) is 0 Å². The zero-order chi connectivity index (χ0) is 10.7. The number of nitrogens with zero attached hydrogens (tertiary/aromatic N) is 3. The molecule has 1 aromatic rings. The van der Waals surface area contributed by atoms with Crippen molar-refractivity contribution >= 4 is 16.5 Å². The zero-order valence-corrected chi connectivity index (χ0v) is 9.41. The van der Waals surface area contributed by atoms with Crippen LogP contribution < -0.4 is 5.73 Å². The molecule has 5 nitrogen and oxygen atoms in total. The molecule has 2 rings (SSSR count). The van der Waals surface area contributed by atoms with Crippen molar-refractivity contribution in [2.75, 3.05) is 25.4 Å². The maximum atomic E-state index is 9.11. The second kappa shape index (κ2) is 4.87. The van der Waals surface area contributed by atoms with Gasteiger partial charge < -0.3 is 10.8 Å². The highest BCUT2D eigenvalue weighted by Gasteiger charge is 2.20. The first-order chi connectivity index (χ1) is 7.28. The average Bonchev–Trinajstić information content (AvgIpc) is 2.64. The minimum atomic E-state index is 0.286. The van der Waals surface area contributed by atoms with E-state index in [4.69, 9.17) is 10.8 Å². The van der Waals surface area contributed by atoms with Crippen LogP contribution in [0.15, 0.2) is 0 Å². The molecule has 0 spiro atoms. The monoisotopic (exact) mass is 228 g/mol. The van der Waals surface area contributed by atoms with Gasteiger partial charge in [0.1, 0.15) is 5.01 Å². The van der Waals surface area contributed by atoms with Gasteiger partial charge in [-0.05, 0) is 25.3 Å². The Bertz CT molecular complexity index is 317. The van der Waals surface area contributed by atoms with Gasteiger partial charge in [-0.15, -0.1) is 10.2 Å². The predicted octanol–water partition coefficient (Wildman–Crippen LogP) is 0.325. The minimum Gasteiger partial charge on any atom is -0.396 e. The van der Waals surface area contributed by atoms with Crippen LogP contribution in [0.3, 0.4) is 0 Å². The quantitative estimate of drug-likeness (QED) is 0.779. The molecular formula is C9H16N4OS. The fourth-order valence-electron chi connectivity index (χ4n) is 1.97. The Hall–Kier alpha value is -0.720. The molecule has 15 heavy (non-hydrogen) atoms. The van der Waals surface area contributed by atoms with Crippen LogP contribution in [0.5, 0.6) is 0 Å². The van der Waals surface area contributed by atoms with Crippen LogP contribution in [0, 0.1) is 5.92 Å². The minimum absolute atomic E-state index is 0.286. The number of aliphatic hydroxyl groups excluding tert-OH is 1. The lowest BCUT2D eigenvalue weighted by Gasteiger charge is -2.30. The zero-order valence-electron chi connectivity index (χ0n) is 8.59. The summed E-state index contributed by atoms with van der Waals surface area (Å²) in [6.45, 7) is 3.13. The molecule has 6 heteroatoms. The van der Waals surface area contributed by atoms with Gasteiger partial charge in [0.25, 0.3) is 0 Å². The largest absolute Gasteiger partial charge is 0.396 e. The molecule has 2 heterocycles. The van der Waals surface area contributed by atoms with Gasteiger partial charge in [-0.3, -0.25) is 4.90 Å². The Kier molecular flexibility index (Phi) is 3.50. The number of piperidine rings is 1. The SMILES string of the molecule is Nc1nnc(CN2CCCC(CO)C2)s1. The first kappa shape index (κ1) is 10.8. The molecule has 1 unspecified atom stereocenters. The van der Waals surface area contributed by atoms with Crippen LogP contribution >= 0.6 is 11.3 Å². The lowest BCUT2D eigenvalue weighted by molar-refractivity contribution is 0.115. The molecule has 0 saturated carbocycles. The molecule has 0 aliphatic carbocycles. The summed E-state index contributed by atoms with van der Waals surface area (Å²) >= 11 is 1.44. The van der Waals surface area contributed by atoms with E-state index in [0.717, 1.165) is 37.5 Å². The van der Waals surface area contributed by atoms with E-state index in [1.165, 1.54) is 11.3 Å². The van der Waals surface area contributed by atoms with Gasteiger partial charge in [-0.25, -0.2) is 0 Å². The molecule has 1 fully saturated rings. The number of likely N-dealkylation sites (tertiary alicyclic amines) is 1. The van der Waals surface area contributed by atoms with Crippen LogP contribution in [-0.2, 0) is 6.54 Å². The van der Waals surface area contributed by atoms with Crippen molar-refractivity contribution in [1.29, 1.82) is 0 Å². The van der Waals surface area contributed by atoms with Gasteiger partial charge >= 0.3 is 0 Å². The fraction of sp³-hybridized carbons (Fsp3) is 0.778. The standard InChI is InChI=1S/C9H16N4OS/c10-9-12-11-8(15-9)5-13-3-1-2-7(4-13)6-14/h7,14H,1-6H2,(H2,10,12). The molecular weight excluding hydrogens is 212 g/mol. The first-order valence-electron chi connectivity index (χ1n) is 5.19. The van der Waals surface area contributed by atoms with Gasteiger partial charge in [0.2, 0.25) is 5.13 Å². The summed E-state index contributed by atoms with van der Waals surface area (Å²) in [7, 11) is 0. The molecule has 1 atom stereocenters. The summed E-state index contributed by atoms with van der Waals surface area (Å²) in [4.78, 5) is 2.31. The third kappa shape index (κ3) is 2.87. The molecule has 1 aliphatic heterocycles. The lowest BCUT2D eigenvalue weighted by atomic mass is 9.99. The van der Waals surface area contributed by atoms with E-state index in [0.29, 0.717) is 11.0 Å². The van der Waals surface area contributed by atoms with Gasteiger partial charge in [-0.2, -0.15) is 0 Å². The van der Waals surface area contributed by atoms with Gasteiger partial charge in [0, 0.05) is 13.2 Å². The molecule has 1 aromatic heterocycles. The van der Waals surface area contributed by atoms with E-state index in [2.05, 4.69) is 15.1 Å². The summed E-state index contributed by atoms with van der Waals surface area (Å²) in [5, 5.41) is 18.4.